The van der Waals surface area contributed by atoms with E-state index in [1.165, 1.54) is 12.1 Å². The van der Waals surface area contributed by atoms with Crippen LogP contribution in [0.1, 0.15) is 11.5 Å². The summed E-state index contributed by atoms with van der Waals surface area (Å²) in [6.07, 6.45) is 0. The highest BCUT2D eigenvalue weighted by molar-refractivity contribution is 7.85. The second-order valence-corrected chi connectivity index (χ2v) is 5.30. The van der Waals surface area contributed by atoms with Crippen LogP contribution in [0.2, 0.25) is 5.02 Å². The lowest BCUT2D eigenvalue weighted by atomic mass is 10.0. The van der Waals surface area contributed by atoms with E-state index >= 15 is 0 Å². The van der Waals surface area contributed by atoms with Gasteiger partial charge in [-0.25, -0.2) is 0 Å². The molecule has 1 atom stereocenters. The first kappa shape index (κ1) is 13.2. The van der Waals surface area contributed by atoms with Gasteiger partial charge in [0.25, 0.3) is 10.1 Å². The predicted molar refractivity (Wildman–Crippen MR) is 61.3 cm³/mol. The van der Waals surface area contributed by atoms with E-state index in [0.29, 0.717) is 5.56 Å². The van der Waals surface area contributed by atoms with E-state index in [9.17, 15) is 13.5 Å². The third kappa shape index (κ3) is 3.64. The van der Waals surface area contributed by atoms with Gasteiger partial charge in [-0.3, -0.25) is 4.55 Å². The summed E-state index contributed by atoms with van der Waals surface area (Å²) in [6, 6.07) is 4.34. The molecule has 90 valence electrons. The first-order chi connectivity index (χ1) is 7.33. The average Bonchev–Trinajstić information content (AvgIpc) is 2.17. The first-order valence-electron chi connectivity index (χ1n) is 4.47. The maximum Gasteiger partial charge on any atom is 0.265 e. The lowest BCUT2D eigenvalue weighted by Gasteiger charge is -2.13. The Bertz CT molecular complexity index is 474. The molecule has 0 radical (unpaired) electrons. The lowest BCUT2D eigenvalue weighted by Crippen LogP contribution is -2.21. The van der Waals surface area contributed by atoms with E-state index < -0.39 is 21.8 Å². The van der Waals surface area contributed by atoms with Gasteiger partial charge >= 0.3 is 0 Å². The molecule has 0 saturated carbocycles. The van der Waals surface area contributed by atoms with Gasteiger partial charge in [0.2, 0.25) is 0 Å². The van der Waals surface area contributed by atoms with Gasteiger partial charge < -0.3 is 10.8 Å². The predicted octanol–water partition coefficient (Wildman–Crippen LogP) is 0.976. The Morgan fingerprint density at radius 3 is 2.50 bits per heavy atom. The van der Waals surface area contributed by atoms with Crippen molar-refractivity contribution in [3.05, 3.63) is 28.8 Å². The summed E-state index contributed by atoms with van der Waals surface area (Å²) in [4.78, 5) is 0. The van der Waals surface area contributed by atoms with E-state index in [4.69, 9.17) is 21.9 Å². The highest BCUT2D eigenvalue weighted by Gasteiger charge is 2.18. The van der Waals surface area contributed by atoms with Crippen LogP contribution >= 0.6 is 11.6 Å². The van der Waals surface area contributed by atoms with E-state index in [-0.39, 0.29) is 17.3 Å². The molecule has 7 heteroatoms. The van der Waals surface area contributed by atoms with Crippen LogP contribution in [-0.2, 0) is 10.1 Å². The maximum absolute atomic E-state index is 10.7. The van der Waals surface area contributed by atoms with Crippen LogP contribution in [0.4, 0.5) is 0 Å². The normalized spacial score (nSPS) is 13.7. The molecule has 16 heavy (non-hydrogen) atoms. The van der Waals surface area contributed by atoms with Crippen LogP contribution < -0.4 is 5.73 Å². The summed E-state index contributed by atoms with van der Waals surface area (Å²) in [7, 11) is -4.10. The molecular weight excluding hydrogens is 254 g/mol. The van der Waals surface area contributed by atoms with Gasteiger partial charge in [0.15, 0.2) is 0 Å². The molecule has 0 fully saturated rings. The van der Waals surface area contributed by atoms with Gasteiger partial charge in [-0.05, 0) is 17.7 Å². The molecule has 1 aromatic rings. The van der Waals surface area contributed by atoms with Gasteiger partial charge in [-0.15, -0.1) is 0 Å². The van der Waals surface area contributed by atoms with Gasteiger partial charge in [0.05, 0.1) is 10.8 Å². The van der Waals surface area contributed by atoms with Gasteiger partial charge in [-0.1, -0.05) is 17.7 Å². The number of phenols is 1. The molecule has 1 rings (SSSR count). The Morgan fingerprint density at radius 2 is 2.06 bits per heavy atom. The van der Waals surface area contributed by atoms with Gasteiger partial charge in [0.1, 0.15) is 5.75 Å². The number of rotatable bonds is 4. The van der Waals surface area contributed by atoms with E-state index in [2.05, 4.69) is 0 Å². The number of hydrogen-bond donors (Lipinski definition) is 3. The van der Waals surface area contributed by atoms with Crippen LogP contribution in [0.25, 0.3) is 0 Å². The summed E-state index contributed by atoms with van der Waals surface area (Å²) in [5, 5.41) is 9.53. The smallest absolute Gasteiger partial charge is 0.265 e. The fraction of sp³-hybridized carbons (Fsp3) is 0.333. The SMILES string of the molecule is NC[C@H](CS(=O)(=O)O)c1ccc(Cl)c(O)c1. The van der Waals surface area contributed by atoms with Crippen molar-refractivity contribution in [2.45, 2.75) is 5.92 Å². The second kappa shape index (κ2) is 5.01. The lowest BCUT2D eigenvalue weighted by molar-refractivity contribution is 0.470. The molecule has 1 aromatic carbocycles. The zero-order chi connectivity index (χ0) is 12.3. The van der Waals surface area contributed by atoms with Gasteiger partial charge in [-0.2, -0.15) is 8.42 Å². The fourth-order valence-corrected chi connectivity index (χ4v) is 2.29. The van der Waals surface area contributed by atoms with Crippen molar-refractivity contribution in [1.82, 2.24) is 0 Å². The van der Waals surface area contributed by atoms with Crippen LogP contribution in [-0.4, -0.2) is 30.4 Å². The van der Waals surface area contributed by atoms with Crippen molar-refractivity contribution in [3.8, 4) is 5.75 Å². The van der Waals surface area contributed by atoms with E-state index in [0.717, 1.165) is 0 Å². The third-order valence-corrected chi connectivity index (χ3v) is 3.28. The Hall–Kier alpha value is -0.820. The first-order valence-corrected chi connectivity index (χ1v) is 6.46. The third-order valence-electron chi connectivity index (χ3n) is 2.14. The Kier molecular flexibility index (Phi) is 4.15. The van der Waals surface area contributed by atoms with Crippen LogP contribution in [0.5, 0.6) is 5.75 Å². The van der Waals surface area contributed by atoms with Crippen LogP contribution in [0.3, 0.4) is 0 Å². The summed E-state index contributed by atoms with van der Waals surface area (Å²) in [5.74, 6) is -1.20. The van der Waals surface area contributed by atoms with Crippen molar-refractivity contribution in [2.24, 2.45) is 5.73 Å². The summed E-state index contributed by atoms with van der Waals surface area (Å²) in [6.45, 7) is 0.0425. The Labute approximate surface area is 98.6 Å². The highest BCUT2D eigenvalue weighted by atomic mass is 35.5. The largest absolute Gasteiger partial charge is 0.506 e. The molecule has 0 aliphatic heterocycles. The monoisotopic (exact) mass is 265 g/mol. The summed E-state index contributed by atoms with van der Waals surface area (Å²) in [5.41, 5.74) is 5.93. The summed E-state index contributed by atoms with van der Waals surface area (Å²) >= 11 is 5.61. The zero-order valence-electron chi connectivity index (χ0n) is 8.30. The van der Waals surface area contributed by atoms with Gasteiger partial charge in [0, 0.05) is 12.5 Å². The molecule has 0 amide bonds. The minimum Gasteiger partial charge on any atom is -0.506 e. The molecular formula is C9H12ClNO4S. The molecule has 0 aliphatic carbocycles. The molecule has 0 spiro atoms. The zero-order valence-corrected chi connectivity index (χ0v) is 9.87. The highest BCUT2D eigenvalue weighted by Crippen LogP contribution is 2.27. The average molecular weight is 266 g/mol. The number of halogens is 1. The molecule has 0 aliphatic rings. The van der Waals surface area contributed by atoms with Crippen molar-refractivity contribution in [1.29, 1.82) is 0 Å². The number of phenolic OH excluding ortho intramolecular Hbond substituents is 1. The molecule has 4 N–H and O–H groups in total. The van der Waals surface area contributed by atoms with Crippen molar-refractivity contribution in [3.63, 3.8) is 0 Å². The number of aromatic hydroxyl groups is 1. The molecule has 0 bridgehead atoms. The number of nitrogens with two attached hydrogens (primary N) is 1. The molecule has 5 nitrogen and oxygen atoms in total. The van der Waals surface area contributed by atoms with E-state index in [1.807, 2.05) is 0 Å². The van der Waals surface area contributed by atoms with Crippen molar-refractivity contribution >= 4 is 21.7 Å². The molecule has 0 saturated heterocycles. The fourth-order valence-electron chi connectivity index (χ4n) is 1.34. The molecule has 0 heterocycles. The summed E-state index contributed by atoms with van der Waals surface area (Å²) < 4.78 is 30.2. The quantitative estimate of drug-likeness (QED) is 0.705. The number of benzene rings is 1. The Morgan fingerprint density at radius 1 is 1.44 bits per heavy atom. The van der Waals surface area contributed by atoms with E-state index in [1.54, 1.807) is 6.07 Å². The molecule has 0 unspecified atom stereocenters. The Balaban J connectivity index is 3.00. The maximum atomic E-state index is 10.7. The van der Waals surface area contributed by atoms with Crippen LogP contribution in [0.15, 0.2) is 18.2 Å². The minimum atomic E-state index is -4.10. The van der Waals surface area contributed by atoms with Crippen LogP contribution in [0, 0.1) is 0 Å². The minimum absolute atomic E-state index is 0.0425. The number of hydrogen-bond acceptors (Lipinski definition) is 4. The molecule has 0 aromatic heterocycles. The second-order valence-electron chi connectivity index (χ2n) is 3.39. The van der Waals surface area contributed by atoms with Crippen molar-refractivity contribution < 1.29 is 18.1 Å². The standard InChI is InChI=1S/C9H12ClNO4S/c10-8-2-1-6(3-9(8)12)7(4-11)5-16(13,14)15/h1-3,7,12H,4-5,11H2,(H,13,14,15)/t7-/m1/s1. The topological polar surface area (TPSA) is 101 Å². The van der Waals surface area contributed by atoms with Crippen molar-refractivity contribution in [2.75, 3.05) is 12.3 Å².